The molecule has 0 bridgehead atoms. The maximum atomic E-state index is 7.33. The van der Waals surface area contributed by atoms with Crippen molar-refractivity contribution in [1.82, 2.24) is 9.97 Å². The van der Waals surface area contributed by atoms with E-state index < -0.39 is 0 Å². The van der Waals surface area contributed by atoms with Crippen LogP contribution >= 0.6 is 0 Å². The standard InChI is InChI=1S/C11H14N4/c12-11(13)9-3-1-8(2-4-9)5-10-6-14-7-15-10/h1-3,6-7,9H,4-5H2,(H3,12,13)(H,14,15). The summed E-state index contributed by atoms with van der Waals surface area (Å²) >= 11 is 0. The Hall–Kier alpha value is -1.84. The Morgan fingerprint density at radius 3 is 3.07 bits per heavy atom. The summed E-state index contributed by atoms with van der Waals surface area (Å²) in [7, 11) is 0. The van der Waals surface area contributed by atoms with Gasteiger partial charge in [-0.2, -0.15) is 0 Å². The molecule has 0 aliphatic heterocycles. The van der Waals surface area contributed by atoms with Crippen LogP contribution < -0.4 is 5.73 Å². The van der Waals surface area contributed by atoms with Crippen LogP contribution in [0.25, 0.3) is 0 Å². The Kier molecular flexibility index (Phi) is 2.67. The Morgan fingerprint density at radius 2 is 2.53 bits per heavy atom. The zero-order valence-corrected chi connectivity index (χ0v) is 8.40. The molecule has 1 unspecified atom stereocenters. The molecule has 2 rings (SSSR count). The van der Waals surface area contributed by atoms with Crippen molar-refractivity contribution in [2.75, 3.05) is 0 Å². The van der Waals surface area contributed by atoms with Crippen LogP contribution in [-0.4, -0.2) is 15.8 Å². The minimum atomic E-state index is 0.0792. The third-order valence-corrected chi connectivity index (χ3v) is 2.53. The Bertz CT molecular complexity index is 400. The van der Waals surface area contributed by atoms with Crippen molar-refractivity contribution in [2.45, 2.75) is 12.8 Å². The number of imidazole rings is 1. The average molecular weight is 202 g/mol. The van der Waals surface area contributed by atoms with Gasteiger partial charge in [-0.1, -0.05) is 18.2 Å². The van der Waals surface area contributed by atoms with Crippen LogP contribution in [0, 0.1) is 11.3 Å². The number of nitrogens with one attached hydrogen (secondary N) is 2. The van der Waals surface area contributed by atoms with E-state index in [1.165, 1.54) is 5.57 Å². The van der Waals surface area contributed by atoms with Gasteiger partial charge in [0.05, 0.1) is 12.2 Å². The Morgan fingerprint density at radius 1 is 1.67 bits per heavy atom. The maximum Gasteiger partial charge on any atom is 0.0978 e. The second-order valence-corrected chi connectivity index (χ2v) is 3.69. The van der Waals surface area contributed by atoms with E-state index in [9.17, 15) is 0 Å². The predicted octanol–water partition coefficient (Wildman–Crippen LogP) is 1.39. The summed E-state index contributed by atoms with van der Waals surface area (Å²) in [6.07, 6.45) is 11.4. The number of nitrogens with zero attached hydrogens (tertiary/aromatic N) is 1. The van der Waals surface area contributed by atoms with Crippen molar-refractivity contribution in [2.24, 2.45) is 11.7 Å². The van der Waals surface area contributed by atoms with E-state index in [1.807, 2.05) is 18.3 Å². The molecule has 1 aliphatic rings. The van der Waals surface area contributed by atoms with Gasteiger partial charge in [0.2, 0.25) is 0 Å². The van der Waals surface area contributed by atoms with Gasteiger partial charge in [-0.25, -0.2) is 4.98 Å². The maximum absolute atomic E-state index is 7.33. The van der Waals surface area contributed by atoms with Gasteiger partial charge < -0.3 is 10.7 Å². The largest absolute Gasteiger partial charge is 0.387 e. The van der Waals surface area contributed by atoms with Gasteiger partial charge in [-0.3, -0.25) is 5.41 Å². The van der Waals surface area contributed by atoms with Gasteiger partial charge in [0.1, 0.15) is 0 Å². The van der Waals surface area contributed by atoms with E-state index in [-0.39, 0.29) is 11.8 Å². The molecule has 0 aromatic carbocycles. The summed E-state index contributed by atoms with van der Waals surface area (Å²) in [5, 5.41) is 7.33. The van der Waals surface area contributed by atoms with Crippen LogP contribution in [0.5, 0.6) is 0 Å². The predicted molar refractivity (Wildman–Crippen MR) is 59.5 cm³/mol. The van der Waals surface area contributed by atoms with E-state index in [4.69, 9.17) is 11.1 Å². The lowest BCUT2D eigenvalue weighted by atomic mass is 9.94. The topological polar surface area (TPSA) is 78.6 Å². The SMILES string of the molecule is N=C(N)C1C=CC(Cc2cnc[nH]2)=CC1. The number of hydrogen-bond donors (Lipinski definition) is 3. The summed E-state index contributed by atoms with van der Waals surface area (Å²) in [5.74, 6) is 0.318. The summed E-state index contributed by atoms with van der Waals surface area (Å²) in [4.78, 5) is 7.04. The molecule has 4 N–H and O–H groups in total. The number of H-pyrrole nitrogens is 1. The fraction of sp³-hybridized carbons (Fsp3) is 0.273. The molecule has 0 fully saturated rings. The molecule has 1 heterocycles. The van der Waals surface area contributed by atoms with Crippen molar-refractivity contribution < 1.29 is 0 Å². The highest BCUT2D eigenvalue weighted by atomic mass is 14.9. The van der Waals surface area contributed by atoms with Crippen molar-refractivity contribution in [3.05, 3.63) is 42.0 Å². The summed E-state index contributed by atoms with van der Waals surface area (Å²) in [5.41, 5.74) is 7.79. The fourth-order valence-electron chi connectivity index (χ4n) is 1.63. The molecule has 15 heavy (non-hydrogen) atoms. The molecule has 0 saturated carbocycles. The van der Waals surface area contributed by atoms with Gasteiger partial charge in [0.15, 0.2) is 0 Å². The number of rotatable bonds is 3. The first-order valence-electron chi connectivity index (χ1n) is 4.94. The minimum absolute atomic E-state index is 0.0792. The highest BCUT2D eigenvalue weighted by Gasteiger charge is 2.11. The van der Waals surface area contributed by atoms with Gasteiger partial charge in [0, 0.05) is 24.2 Å². The molecule has 4 nitrogen and oxygen atoms in total. The zero-order chi connectivity index (χ0) is 10.7. The average Bonchev–Trinajstić information content (AvgIpc) is 2.71. The molecule has 0 spiro atoms. The lowest BCUT2D eigenvalue weighted by molar-refractivity contribution is 0.835. The van der Waals surface area contributed by atoms with E-state index in [2.05, 4.69) is 16.0 Å². The van der Waals surface area contributed by atoms with Crippen LogP contribution in [0.15, 0.2) is 36.3 Å². The Balaban J connectivity index is 1.98. The molecule has 1 aromatic rings. The van der Waals surface area contributed by atoms with Crippen LogP contribution in [0.4, 0.5) is 0 Å². The number of nitrogens with two attached hydrogens (primary N) is 1. The van der Waals surface area contributed by atoms with E-state index in [0.29, 0.717) is 0 Å². The zero-order valence-electron chi connectivity index (χ0n) is 8.40. The lowest BCUT2D eigenvalue weighted by Crippen LogP contribution is -2.21. The Labute approximate surface area is 88.4 Å². The van der Waals surface area contributed by atoms with Gasteiger partial charge >= 0.3 is 0 Å². The molecule has 0 amide bonds. The van der Waals surface area contributed by atoms with Crippen LogP contribution in [0.3, 0.4) is 0 Å². The first-order chi connectivity index (χ1) is 7.25. The van der Waals surface area contributed by atoms with Crippen molar-refractivity contribution >= 4 is 5.84 Å². The number of amidine groups is 1. The number of aromatic nitrogens is 2. The van der Waals surface area contributed by atoms with E-state index in [1.54, 1.807) is 6.33 Å². The summed E-state index contributed by atoms with van der Waals surface area (Å²) < 4.78 is 0. The van der Waals surface area contributed by atoms with Crippen molar-refractivity contribution in [1.29, 1.82) is 5.41 Å². The third-order valence-electron chi connectivity index (χ3n) is 2.53. The van der Waals surface area contributed by atoms with Crippen LogP contribution in [-0.2, 0) is 6.42 Å². The van der Waals surface area contributed by atoms with Crippen molar-refractivity contribution in [3.63, 3.8) is 0 Å². The fourth-order valence-corrected chi connectivity index (χ4v) is 1.63. The number of hydrogen-bond acceptors (Lipinski definition) is 2. The highest BCUT2D eigenvalue weighted by Crippen LogP contribution is 2.18. The number of aromatic amines is 1. The first kappa shape index (κ1) is 9.71. The molecule has 0 radical (unpaired) electrons. The van der Waals surface area contributed by atoms with Crippen LogP contribution in [0.1, 0.15) is 12.1 Å². The second-order valence-electron chi connectivity index (χ2n) is 3.69. The number of allylic oxidation sites excluding steroid dienone is 3. The molecule has 1 aliphatic carbocycles. The van der Waals surface area contributed by atoms with Gasteiger partial charge in [-0.05, 0) is 12.0 Å². The monoisotopic (exact) mass is 202 g/mol. The molecular formula is C11H14N4. The van der Waals surface area contributed by atoms with Gasteiger partial charge in [0.25, 0.3) is 0 Å². The normalized spacial score (nSPS) is 20.0. The smallest absolute Gasteiger partial charge is 0.0978 e. The quantitative estimate of drug-likeness (QED) is 0.511. The summed E-state index contributed by atoms with van der Waals surface area (Å²) in [6, 6.07) is 0. The lowest BCUT2D eigenvalue weighted by Gasteiger charge is -2.14. The van der Waals surface area contributed by atoms with Gasteiger partial charge in [-0.15, -0.1) is 0 Å². The van der Waals surface area contributed by atoms with E-state index >= 15 is 0 Å². The summed E-state index contributed by atoms with van der Waals surface area (Å²) in [6.45, 7) is 0. The molecule has 1 aromatic heterocycles. The highest BCUT2D eigenvalue weighted by molar-refractivity contribution is 5.81. The molecular weight excluding hydrogens is 188 g/mol. The first-order valence-corrected chi connectivity index (χ1v) is 4.94. The third kappa shape index (κ3) is 2.34. The molecule has 1 atom stereocenters. The molecule has 4 heteroatoms. The molecule has 78 valence electrons. The van der Waals surface area contributed by atoms with E-state index in [0.717, 1.165) is 18.5 Å². The van der Waals surface area contributed by atoms with Crippen LogP contribution in [0.2, 0.25) is 0 Å². The van der Waals surface area contributed by atoms with Crippen molar-refractivity contribution in [3.8, 4) is 0 Å². The minimum Gasteiger partial charge on any atom is -0.387 e. The second kappa shape index (κ2) is 4.13. The molecule has 0 saturated heterocycles.